The quantitative estimate of drug-likeness (QED) is 0.611. The van der Waals surface area contributed by atoms with Crippen molar-refractivity contribution < 1.29 is 23.5 Å². The standard InChI is InChI=1S/C24H22FN3O4/c1-31-21-9-8-18(12-22(21)32-15-16-5-4-10-26-13-16)27-24(30)17-11-23(29)28(14-17)20-7-3-2-6-19(20)25/h2-10,12-13,17H,11,14-15H2,1H3,(H,27,30). The van der Waals surface area contributed by atoms with Crippen molar-refractivity contribution in [3.8, 4) is 11.5 Å². The Hall–Kier alpha value is -3.94. The molecule has 1 fully saturated rings. The van der Waals surface area contributed by atoms with Crippen LogP contribution in [-0.4, -0.2) is 30.5 Å². The average Bonchev–Trinajstić information content (AvgIpc) is 3.20. The fourth-order valence-corrected chi connectivity index (χ4v) is 3.54. The Labute approximate surface area is 184 Å². The van der Waals surface area contributed by atoms with Gasteiger partial charge in [0, 0.05) is 42.7 Å². The predicted octanol–water partition coefficient (Wildman–Crippen LogP) is 3.80. The van der Waals surface area contributed by atoms with Crippen molar-refractivity contribution >= 4 is 23.2 Å². The normalized spacial score (nSPS) is 15.5. The second-order valence-electron chi connectivity index (χ2n) is 7.36. The Bertz CT molecular complexity index is 1120. The highest BCUT2D eigenvalue weighted by atomic mass is 19.1. The number of carbonyl (C=O) groups excluding carboxylic acids is 2. The smallest absolute Gasteiger partial charge is 0.229 e. The van der Waals surface area contributed by atoms with Crippen LogP contribution in [0.15, 0.2) is 67.0 Å². The van der Waals surface area contributed by atoms with Crippen LogP contribution in [0.4, 0.5) is 15.8 Å². The summed E-state index contributed by atoms with van der Waals surface area (Å²) in [5.74, 6) is -0.708. The second kappa shape index (κ2) is 9.47. The average molecular weight is 435 g/mol. The van der Waals surface area contributed by atoms with E-state index >= 15 is 0 Å². The van der Waals surface area contributed by atoms with Gasteiger partial charge >= 0.3 is 0 Å². The molecule has 2 aromatic carbocycles. The molecule has 1 aliphatic heterocycles. The summed E-state index contributed by atoms with van der Waals surface area (Å²) in [6.45, 7) is 0.405. The monoisotopic (exact) mass is 435 g/mol. The first-order chi connectivity index (χ1) is 15.5. The lowest BCUT2D eigenvalue weighted by atomic mass is 10.1. The van der Waals surface area contributed by atoms with Crippen molar-refractivity contribution in [2.75, 3.05) is 23.9 Å². The molecule has 4 rings (SSSR count). The molecule has 164 valence electrons. The molecule has 0 aliphatic carbocycles. The Balaban J connectivity index is 1.44. The summed E-state index contributed by atoms with van der Waals surface area (Å²) < 4.78 is 25.3. The summed E-state index contributed by atoms with van der Waals surface area (Å²) in [7, 11) is 1.53. The Kier molecular flexibility index (Phi) is 6.30. The topological polar surface area (TPSA) is 80.8 Å². The lowest BCUT2D eigenvalue weighted by Crippen LogP contribution is -2.28. The number of anilines is 2. The van der Waals surface area contributed by atoms with Crippen LogP contribution >= 0.6 is 0 Å². The van der Waals surface area contributed by atoms with Gasteiger partial charge in [0.25, 0.3) is 0 Å². The molecule has 8 heteroatoms. The molecule has 32 heavy (non-hydrogen) atoms. The molecular formula is C24H22FN3O4. The van der Waals surface area contributed by atoms with Gasteiger partial charge in [-0.2, -0.15) is 0 Å². The number of hydrogen-bond acceptors (Lipinski definition) is 5. The molecule has 0 bridgehead atoms. The highest BCUT2D eigenvalue weighted by Crippen LogP contribution is 2.32. The summed E-state index contributed by atoms with van der Waals surface area (Å²) in [6, 6.07) is 14.8. The van der Waals surface area contributed by atoms with E-state index in [1.54, 1.807) is 42.7 Å². The van der Waals surface area contributed by atoms with Crippen LogP contribution < -0.4 is 19.7 Å². The minimum Gasteiger partial charge on any atom is -0.493 e. The molecule has 1 saturated heterocycles. The maximum atomic E-state index is 14.1. The fourth-order valence-electron chi connectivity index (χ4n) is 3.54. The van der Waals surface area contributed by atoms with E-state index in [1.165, 1.54) is 24.1 Å². The summed E-state index contributed by atoms with van der Waals surface area (Å²) in [6.07, 6.45) is 3.40. The van der Waals surface area contributed by atoms with Gasteiger partial charge < -0.3 is 19.7 Å². The molecule has 0 spiro atoms. The molecule has 7 nitrogen and oxygen atoms in total. The zero-order valence-corrected chi connectivity index (χ0v) is 17.5. The van der Waals surface area contributed by atoms with Crippen LogP contribution in [0, 0.1) is 11.7 Å². The molecule has 3 aromatic rings. The molecule has 0 saturated carbocycles. The van der Waals surface area contributed by atoms with E-state index in [0.29, 0.717) is 17.2 Å². The molecule has 1 unspecified atom stereocenters. The Morgan fingerprint density at radius 3 is 2.78 bits per heavy atom. The number of ether oxygens (including phenoxy) is 2. The van der Waals surface area contributed by atoms with E-state index in [0.717, 1.165) is 5.56 Å². The van der Waals surface area contributed by atoms with E-state index in [1.807, 2.05) is 12.1 Å². The van der Waals surface area contributed by atoms with Crippen LogP contribution in [0.5, 0.6) is 11.5 Å². The summed E-state index contributed by atoms with van der Waals surface area (Å²) >= 11 is 0. The van der Waals surface area contributed by atoms with Crippen LogP contribution in [0.1, 0.15) is 12.0 Å². The van der Waals surface area contributed by atoms with Gasteiger partial charge in [0.15, 0.2) is 11.5 Å². The highest BCUT2D eigenvalue weighted by molar-refractivity contribution is 6.03. The minimum absolute atomic E-state index is 0.0146. The molecule has 1 aromatic heterocycles. The lowest BCUT2D eigenvalue weighted by Gasteiger charge is -2.17. The second-order valence-corrected chi connectivity index (χ2v) is 7.36. The van der Waals surface area contributed by atoms with Gasteiger partial charge in [0.2, 0.25) is 11.8 Å². The van der Waals surface area contributed by atoms with E-state index in [-0.39, 0.29) is 37.1 Å². The van der Waals surface area contributed by atoms with Crippen LogP contribution in [0.2, 0.25) is 0 Å². The first-order valence-electron chi connectivity index (χ1n) is 10.1. The van der Waals surface area contributed by atoms with E-state index in [2.05, 4.69) is 10.3 Å². The van der Waals surface area contributed by atoms with Crippen LogP contribution in [0.3, 0.4) is 0 Å². The number of halogens is 1. The number of nitrogens with zero attached hydrogens (tertiary/aromatic N) is 2. The summed E-state index contributed by atoms with van der Waals surface area (Å²) in [4.78, 5) is 30.6. The first-order valence-corrected chi connectivity index (χ1v) is 10.1. The number of para-hydroxylation sites is 1. The zero-order valence-electron chi connectivity index (χ0n) is 17.5. The SMILES string of the molecule is COc1ccc(NC(=O)C2CC(=O)N(c3ccccc3F)C2)cc1OCc1cccnc1. The van der Waals surface area contributed by atoms with Crippen molar-refractivity contribution in [1.82, 2.24) is 4.98 Å². The predicted molar refractivity (Wildman–Crippen MR) is 117 cm³/mol. The summed E-state index contributed by atoms with van der Waals surface area (Å²) in [5.41, 5.74) is 1.58. The molecule has 1 aliphatic rings. The number of benzene rings is 2. The molecule has 0 radical (unpaired) electrons. The minimum atomic E-state index is -0.594. The van der Waals surface area contributed by atoms with Crippen molar-refractivity contribution in [1.29, 1.82) is 0 Å². The number of aromatic nitrogens is 1. The molecule has 1 atom stereocenters. The van der Waals surface area contributed by atoms with Gasteiger partial charge in [-0.1, -0.05) is 18.2 Å². The van der Waals surface area contributed by atoms with Crippen molar-refractivity contribution in [2.45, 2.75) is 13.0 Å². The Morgan fingerprint density at radius 1 is 1.19 bits per heavy atom. The molecule has 2 amide bonds. The maximum absolute atomic E-state index is 14.1. The third-order valence-electron chi connectivity index (χ3n) is 5.19. The summed E-state index contributed by atoms with van der Waals surface area (Å²) in [5, 5.41) is 2.82. The van der Waals surface area contributed by atoms with E-state index < -0.39 is 11.7 Å². The van der Waals surface area contributed by atoms with Gasteiger partial charge in [0.05, 0.1) is 18.7 Å². The maximum Gasteiger partial charge on any atom is 0.229 e. The highest BCUT2D eigenvalue weighted by Gasteiger charge is 2.36. The van der Waals surface area contributed by atoms with Gasteiger partial charge in [-0.3, -0.25) is 14.6 Å². The van der Waals surface area contributed by atoms with Gasteiger partial charge in [0.1, 0.15) is 12.4 Å². The zero-order chi connectivity index (χ0) is 22.5. The van der Waals surface area contributed by atoms with Gasteiger partial charge in [-0.15, -0.1) is 0 Å². The number of methoxy groups -OCH3 is 1. The van der Waals surface area contributed by atoms with Crippen molar-refractivity contribution in [2.24, 2.45) is 5.92 Å². The third-order valence-corrected chi connectivity index (χ3v) is 5.19. The van der Waals surface area contributed by atoms with Crippen LogP contribution in [0.25, 0.3) is 0 Å². The van der Waals surface area contributed by atoms with E-state index in [9.17, 15) is 14.0 Å². The third kappa shape index (κ3) is 4.69. The largest absolute Gasteiger partial charge is 0.493 e. The van der Waals surface area contributed by atoms with Gasteiger partial charge in [-0.25, -0.2) is 4.39 Å². The number of amides is 2. The Morgan fingerprint density at radius 2 is 2.03 bits per heavy atom. The number of pyridine rings is 1. The molecular weight excluding hydrogens is 413 g/mol. The molecule has 2 heterocycles. The first kappa shape index (κ1) is 21.3. The fraction of sp³-hybridized carbons (Fsp3) is 0.208. The van der Waals surface area contributed by atoms with Crippen LogP contribution in [-0.2, 0) is 16.2 Å². The van der Waals surface area contributed by atoms with Crippen molar-refractivity contribution in [3.05, 3.63) is 78.4 Å². The van der Waals surface area contributed by atoms with Gasteiger partial charge in [-0.05, 0) is 30.3 Å². The lowest BCUT2D eigenvalue weighted by molar-refractivity contribution is -0.122. The number of hydrogen-bond donors (Lipinski definition) is 1. The number of carbonyl (C=O) groups is 2. The number of rotatable bonds is 7. The number of nitrogens with one attached hydrogen (secondary N) is 1. The molecule has 1 N–H and O–H groups in total. The van der Waals surface area contributed by atoms with Crippen molar-refractivity contribution in [3.63, 3.8) is 0 Å². The van der Waals surface area contributed by atoms with E-state index in [4.69, 9.17) is 9.47 Å².